The van der Waals surface area contributed by atoms with Crippen molar-refractivity contribution >= 4 is 23.3 Å². The van der Waals surface area contributed by atoms with Crippen molar-refractivity contribution < 1.29 is 9.59 Å². The van der Waals surface area contributed by atoms with E-state index in [-0.39, 0.29) is 12.5 Å². The molecule has 5 nitrogen and oxygen atoms in total. The van der Waals surface area contributed by atoms with E-state index >= 15 is 0 Å². The summed E-state index contributed by atoms with van der Waals surface area (Å²) in [5, 5.41) is 9.20. The fourth-order valence-corrected chi connectivity index (χ4v) is 3.33. The number of hydrogen-bond donors (Lipinski definition) is 2. The molecule has 0 spiro atoms. The van der Waals surface area contributed by atoms with Gasteiger partial charge in [-0.1, -0.05) is 11.6 Å². The van der Waals surface area contributed by atoms with Crippen LogP contribution < -0.4 is 10.6 Å². The summed E-state index contributed by atoms with van der Waals surface area (Å²) in [6.45, 7) is 1.48. The van der Waals surface area contributed by atoms with E-state index in [2.05, 4.69) is 22.1 Å². The first-order valence-electron chi connectivity index (χ1n) is 8.08. The Morgan fingerprint density at radius 1 is 1.35 bits per heavy atom. The molecule has 1 aliphatic rings. The van der Waals surface area contributed by atoms with Gasteiger partial charge in [-0.2, -0.15) is 11.3 Å². The van der Waals surface area contributed by atoms with Crippen molar-refractivity contribution in [3.05, 3.63) is 34.0 Å². The van der Waals surface area contributed by atoms with E-state index in [1.54, 1.807) is 11.3 Å². The lowest BCUT2D eigenvalue weighted by atomic mass is 9.97. The molecule has 3 amide bonds. The van der Waals surface area contributed by atoms with Crippen molar-refractivity contribution in [3.8, 4) is 0 Å². The van der Waals surface area contributed by atoms with Crippen LogP contribution in [0.25, 0.3) is 0 Å². The number of imide groups is 1. The van der Waals surface area contributed by atoms with Crippen LogP contribution in [-0.2, 0) is 11.3 Å². The first kappa shape index (κ1) is 17.7. The van der Waals surface area contributed by atoms with Crippen LogP contribution in [0.4, 0.5) is 4.79 Å². The number of allylic oxidation sites excluding steroid dienone is 1. The molecular weight excluding hydrogens is 310 g/mol. The Bertz CT molecular complexity index is 540. The molecule has 0 aromatic carbocycles. The Morgan fingerprint density at radius 2 is 2.22 bits per heavy atom. The molecule has 0 unspecified atom stereocenters. The van der Waals surface area contributed by atoms with Gasteiger partial charge in [0.2, 0.25) is 5.91 Å². The molecule has 0 saturated carbocycles. The number of urea groups is 1. The second kappa shape index (κ2) is 9.47. The number of carbonyl (C=O) groups excluding carboxylic acids is 2. The van der Waals surface area contributed by atoms with Crippen molar-refractivity contribution in [2.45, 2.75) is 38.6 Å². The van der Waals surface area contributed by atoms with Gasteiger partial charge in [-0.05, 0) is 61.5 Å². The summed E-state index contributed by atoms with van der Waals surface area (Å²) >= 11 is 1.64. The second-order valence-electron chi connectivity index (χ2n) is 5.97. The quantitative estimate of drug-likeness (QED) is 0.753. The van der Waals surface area contributed by atoms with Crippen LogP contribution in [0.2, 0.25) is 0 Å². The van der Waals surface area contributed by atoms with Crippen LogP contribution >= 0.6 is 11.3 Å². The summed E-state index contributed by atoms with van der Waals surface area (Å²) in [6.07, 6.45) is 7.94. The maximum atomic E-state index is 11.8. The molecule has 0 radical (unpaired) electrons. The van der Waals surface area contributed by atoms with Gasteiger partial charge in [0.05, 0.1) is 6.54 Å². The Kier molecular flexibility index (Phi) is 7.29. The highest BCUT2D eigenvalue weighted by Crippen LogP contribution is 2.19. The third-order valence-corrected chi connectivity index (χ3v) is 4.55. The average molecular weight is 335 g/mol. The highest BCUT2D eigenvalue weighted by atomic mass is 32.1. The number of carbonyl (C=O) groups is 2. The SMILES string of the molecule is CN(CC(=O)NC(=O)NCCC1=CCCCC1)Cc1ccsc1. The summed E-state index contributed by atoms with van der Waals surface area (Å²) in [7, 11) is 1.87. The molecule has 2 rings (SSSR count). The molecule has 6 heteroatoms. The molecule has 0 bridgehead atoms. The minimum atomic E-state index is -0.407. The third kappa shape index (κ3) is 6.97. The maximum Gasteiger partial charge on any atom is 0.321 e. The fourth-order valence-electron chi connectivity index (χ4n) is 2.67. The summed E-state index contributed by atoms with van der Waals surface area (Å²) in [5.74, 6) is -0.280. The van der Waals surface area contributed by atoms with E-state index in [1.165, 1.54) is 24.0 Å². The van der Waals surface area contributed by atoms with Gasteiger partial charge < -0.3 is 5.32 Å². The number of rotatable bonds is 7. The van der Waals surface area contributed by atoms with Crippen molar-refractivity contribution in [3.63, 3.8) is 0 Å². The molecule has 2 N–H and O–H groups in total. The van der Waals surface area contributed by atoms with Crippen molar-refractivity contribution in [2.24, 2.45) is 0 Å². The normalized spacial score (nSPS) is 14.4. The first-order chi connectivity index (χ1) is 11.1. The predicted molar refractivity (Wildman–Crippen MR) is 93.4 cm³/mol. The Hall–Kier alpha value is -1.66. The molecule has 1 aromatic heterocycles. The molecule has 1 aliphatic carbocycles. The summed E-state index contributed by atoms with van der Waals surface area (Å²) in [4.78, 5) is 25.4. The smallest absolute Gasteiger partial charge is 0.321 e. The van der Waals surface area contributed by atoms with Gasteiger partial charge in [-0.3, -0.25) is 15.0 Å². The van der Waals surface area contributed by atoms with Gasteiger partial charge in [-0.15, -0.1) is 0 Å². The Morgan fingerprint density at radius 3 is 2.91 bits per heavy atom. The first-order valence-corrected chi connectivity index (χ1v) is 9.03. The predicted octanol–water partition coefficient (Wildman–Crippen LogP) is 2.90. The number of amides is 3. The zero-order valence-electron chi connectivity index (χ0n) is 13.6. The van der Waals surface area contributed by atoms with Gasteiger partial charge in [0.25, 0.3) is 0 Å². The van der Waals surface area contributed by atoms with Crippen molar-refractivity contribution in [2.75, 3.05) is 20.1 Å². The molecule has 0 saturated heterocycles. The van der Waals surface area contributed by atoms with Gasteiger partial charge in [-0.25, -0.2) is 4.79 Å². The Balaban J connectivity index is 1.60. The highest BCUT2D eigenvalue weighted by molar-refractivity contribution is 7.07. The Labute approximate surface area is 141 Å². The van der Waals surface area contributed by atoms with Gasteiger partial charge in [0.1, 0.15) is 0 Å². The molecule has 1 heterocycles. The van der Waals surface area contributed by atoms with E-state index in [0.717, 1.165) is 19.3 Å². The van der Waals surface area contributed by atoms with Gasteiger partial charge >= 0.3 is 6.03 Å². The van der Waals surface area contributed by atoms with Crippen LogP contribution in [0.5, 0.6) is 0 Å². The number of thiophene rings is 1. The molecule has 0 atom stereocenters. The molecule has 1 aromatic rings. The van der Waals surface area contributed by atoms with Crippen LogP contribution in [0.3, 0.4) is 0 Å². The molecule has 23 heavy (non-hydrogen) atoms. The minimum Gasteiger partial charge on any atom is -0.337 e. The number of nitrogens with one attached hydrogen (secondary N) is 2. The fraction of sp³-hybridized carbons (Fsp3) is 0.529. The molecule has 126 valence electrons. The van der Waals surface area contributed by atoms with E-state index in [0.29, 0.717) is 13.1 Å². The topological polar surface area (TPSA) is 61.4 Å². The molecule has 0 fully saturated rings. The zero-order valence-corrected chi connectivity index (χ0v) is 14.5. The van der Waals surface area contributed by atoms with Gasteiger partial charge in [0.15, 0.2) is 0 Å². The summed E-state index contributed by atoms with van der Waals surface area (Å²) < 4.78 is 0. The lowest BCUT2D eigenvalue weighted by molar-refractivity contribution is -0.120. The van der Waals surface area contributed by atoms with Crippen LogP contribution in [0.15, 0.2) is 28.5 Å². The minimum absolute atomic E-state index is 0.203. The number of likely N-dealkylation sites (N-methyl/N-ethyl adjacent to an activating group) is 1. The second-order valence-corrected chi connectivity index (χ2v) is 6.75. The van der Waals surface area contributed by atoms with E-state index in [1.807, 2.05) is 23.4 Å². The van der Waals surface area contributed by atoms with Crippen LogP contribution in [-0.4, -0.2) is 37.0 Å². The van der Waals surface area contributed by atoms with E-state index < -0.39 is 6.03 Å². The van der Waals surface area contributed by atoms with E-state index in [4.69, 9.17) is 0 Å². The maximum absolute atomic E-state index is 11.8. The van der Waals surface area contributed by atoms with Crippen molar-refractivity contribution in [1.29, 1.82) is 0 Å². The molecular formula is C17H25N3O2S. The lowest BCUT2D eigenvalue weighted by Gasteiger charge is -2.16. The summed E-state index contributed by atoms with van der Waals surface area (Å²) in [5.41, 5.74) is 2.59. The zero-order chi connectivity index (χ0) is 16.5. The standard InChI is InChI=1S/C17H25N3O2S/c1-20(11-15-8-10-23-13-15)12-16(21)19-17(22)18-9-7-14-5-3-2-4-6-14/h5,8,10,13H,2-4,6-7,9,11-12H2,1H3,(H2,18,19,21,22). The third-order valence-electron chi connectivity index (χ3n) is 3.82. The van der Waals surface area contributed by atoms with E-state index in [9.17, 15) is 9.59 Å². The lowest BCUT2D eigenvalue weighted by Crippen LogP contribution is -2.43. The van der Waals surface area contributed by atoms with Crippen LogP contribution in [0, 0.1) is 0 Å². The largest absolute Gasteiger partial charge is 0.337 e. The number of nitrogens with zero attached hydrogens (tertiary/aromatic N) is 1. The summed E-state index contributed by atoms with van der Waals surface area (Å²) in [6, 6.07) is 1.63. The highest BCUT2D eigenvalue weighted by Gasteiger charge is 2.11. The van der Waals surface area contributed by atoms with Gasteiger partial charge in [0, 0.05) is 13.1 Å². The monoisotopic (exact) mass is 335 g/mol. The average Bonchev–Trinajstić information content (AvgIpc) is 3.00. The van der Waals surface area contributed by atoms with Crippen LogP contribution in [0.1, 0.15) is 37.7 Å². The number of hydrogen-bond acceptors (Lipinski definition) is 4. The molecule has 0 aliphatic heterocycles. The van der Waals surface area contributed by atoms with Crippen molar-refractivity contribution in [1.82, 2.24) is 15.5 Å².